The molecule has 0 N–H and O–H groups in total. The minimum absolute atomic E-state index is 0.800. The lowest BCUT2D eigenvalue weighted by Gasteiger charge is -2.36. The predicted molar refractivity (Wildman–Crippen MR) is 141 cm³/mol. The van der Waals surface area contributed by atoms with E-state index in [9.17, 15) is 0 Å². The zero-order valence-corrected chi connectivity index (χ0v) is 21.5. The molecule has 0 spiro atoms. The van der Waals surface area contributed by atoms with Crippen LogP contribution in [0.5, 0.6) is 0 Å². The van der Waals surface area contributed by atoms with Crippen LogP contribution < -0.4 is 4.90 Å². The van der Waals surface area contributed by atoms with Crippen LogP contribution in [0.25, 0.3) is 20.7 Å². The summed E-state index contributed by atoms with van der Waals surface area (Å²) in [5.41, 5.74) is 1.29. The second kappa shape index (κ2) is 10.6. The van der Waals surface area contributed by atoms with Crippen LogP contribution >= 0.6 is 22.7 Å². The van der Waals surface area contributed by atoms with E-state index in [-0.39, 0.29) is 0 Å². The average Bonchev–Trinajstić information content (AvgIpc) is 3.65. The first kappa shape index (κ1) is 22.8. The average molecular weight is 499 g/mol. The van der Waals surface area contributed by atoms with Crippen LogP contribution in [0.3, 0.4) is 0 Å². The van der Waals surface area contributed by atoms with E-state index in [0.717, 1.165) is 75.5 Å². The molecule has 34 heavy (non-hydrogen) atoms. The number of aromatic nitrogens is 2. The smallest absolute Gasteiger partial charge is 0.146 e. The van der Waals surface area contributed by atoms with Gasteiger partial charge in [-0.15, -0.1) is 22.7 Å². The number of anilines is 1. The molecule has 182 valence electrons. The number of morpholine rings is 1. The van der Waals surface area contributed by atoms with E-state index in [1.54, 1.807) is 22.7 Å². The number of likely N-dealkylation sites (tertiary alicyclic amines) is 1. The lowest BCUT2D eigenvalue weighted by atomic mass is 10.1. The molecule has 0 amide bonds. The maximum absolute atomic E-state index is 5.54. The SMILES string of the molecule is c1csc(-c2csc3nc(CN4CCOCC4)nc(N4CCN(CCN5CCCC5)CC4)c23)c1. The van der Waals surface area contributed by atoms with Gasteiger partial charge < -0.3 is 14.5 Å². The number of rotatable bonds is 7. The summed E-state index contributed by atoms with van der Waals surface area (Å²) < 4.78 is 5.54. The number of fused-ring (bicyclic) bond motifs is 1. The van der Waals surface area contributed by atoms with Crippen LogP contribution in [0.4, 0.5) is 5.82 Å². The molecule has 3 fully saturated rings. The molecule has 6 heterocycles. The molecule has 9 heteroatoms. The maximum atomic E-state index is 5.54. The van der Waals surface area contributed by atoms with Crippen molar-refractivity contribution in [3.05, 3.63) is 28.7 Å². The highest BCUT2D eigenvalue weighted by Crippen LogP contribution is 2.40. The monoisotopic (exact) mass is 498 g/mol. The van der Waals surface area contributed by atoms with Crippen molar-refractivity contribution in [1.82, 2.24) is 24.7 Å². The van der Waals surface area contributed by atoms with Crippen LogP contribution in [0.1, 0.15) is 18.7 Å². The summed E-state index contributed by atoms with van der Waals surface area (Å²) in [6, 6.07) is 4.35. The molecule has 3 aliphatic rings. The predicted octanol–water partition coefficient (Wildman–Crippen LogP) is 3.47. The fourth-order valence-corrected chi connectivity index (χ4v) is 7.09. The summed E-state index contributed by atoms with van der Waals surface area (Å²) in [5.74, 6) is 2.08. The van der Waals surface area contributed by atoms with Gasteiger partial charge in [0, 0.05) is 68.2 Å². The normalized spacial score (nSPS) is 21.1. The quantitative estimate of drug-likeness (QED) is 0.494. The van der Waals surface area contributed by atoms with Gasteiger partial charge in [-0.25, -0.2) is 9.97 Å². The number of thiophene rings is 2. The van der Waals surface area contributed by atoms with Gasteiger partial charge in [-0.3, -0.25) is 9.80 Å². The fraction of sp³-hybridized carbons (Fsp3) is 0.600. The Kier molecular flexibility index (Phi) is 7.08. The summed E-state index contributed by atoms with van der Waals surface area (Å²) in [5, 5.41) is 5.67. The van der Waals surface area contributed by atoms with Crippen LogP contribution in [0.15, 0.2) is 22.9 Å². The van der Waals surface area contributed by atoms with Crippen molar-refractivity contribution in [3.8, 4) is 10.4 Å². The van der Waals surface area contributed by atoms with Crippen LogP contribution in [-0.4, -0.2) is 103 Å². The van der Waals surface area contributed by atoms with Gasteiger partial charge in [-0.2, -0.15) is 0 Å². The zero-order chi connectivity index (χ0) is 22.7. The largest absolute Gasteiger partial charge is 0.379 e. The molecular weight excluding hydrogens is 464 g/mol. The molecule has 0 saturated carbocycles. The Morgan fingerprint density at radius 2 is 1.59 bits per heavy atom. The van der Waals surface area contributed by atoms with Crippen molar-refractivity contribution in [2.45, 2.75) is 19.4 Å². The van der Waals surface area contributed by atoms with Crippen molar-refractivity contribution >= 4 is 38.7 Å². The number of hydrogen-bond donors (Lipinski definition) is 0. The minimum Gasteiger partial charge on any atom is -0.379 e. The molecule has 7 nitrogen and oxygen atoms in total. The third-order valence-corrected chi connectivity index (χ3v) is 9.09. The summed E-state index contributed by atoms with van der Waals surface area (Å²) in [7, 11) is 0. The fourth-order valence-electron chi connectivity index (χ4n) is 5.31. The third-order valence-electron chi connectivity index (χ3n) is 7.32. The van der Waals surface area contributed by atoms with Gasteiger partial charge in [0.2, 0.25) is 0 Å². The van der Waals surface area contributed by atoms with Crippen molar-refractivity contribution < 1.29 is 4.74 Å². The zero-order valence-electron chi connectivity index (χ0n) is 19.8. The standard InChI is InChI=1S/C25H34N6OS2/c1-2-6-28(5-1)7-8-29-9-11-31(12-10-29)24-23-20(21-4-3-17-33-21)19-34-25(23)27-22(26-24)18-30-13-15-32-16-14-30/h3-4,17,19H,1-2,5-16,18H2. The molecular formula is C25H34N6OS2. The number of nitrogens with zero attached hydrogens (tertiary/aromatic N) is 6. The lowest BCUT2D eigenvalue weighted by Crippen LogP contribution is -2.48. The molecule has 0 aromatic carbocycles. The van der Waals surface area contributed by atoms with Crippen molar-refractivity contribution in [3.63, 3.8) is 0 Å². The molecule has 0 aliphatic carbocycles. The first-order valence-corrected chi connectivity index (χ1v) is 14.4. The lowest BCUT2D eigenvalue weighted by molar-refractivity contribution is 0.0331. The number of hydrogen-bond acceptors (Lipinski definition) is 9. The Hall–Kier alpha value is -1.62. The highest BCUT2D eigenvalue weighted by Gasteiger charge is 2.25. The van der Waals surface area contributed by atoms with Crippen molar-refractivity contribution in [1.29, 1.82) is 0 Å². The van der Waals surface area contributed by atoms with Gasteiger partial charge in [0.15, 0.2) is 0 Å². The molecule has 6 rings (SSSR count). The number of ether oxygens (including phenoxy) is 1. The van der Waals surface area contributed by atoms with E-state index in [4.69, 9.17) is 14.7 Å². The second-order valence-corrected chi connectivity index (χ2v) is 11.3. The van der Waals surface area contributed by atoms with E-state index in [1.165, 1.54) is 54.8 Å². The molecule has 3 aromatic heterocycles. The van der Waals surface area contributed by atoms with Gasteiger partial charge in [0.1, 0.15) is 16.5 Å². The number of piperazine rings is 1. The van der Waals surface area contributed by atoms with Gasteiger partial charge >= 0.3 is 0 Å². The van der Waals surface area contributed by atoms with Crippen LogP contribution in [-0.2, 0) is 11.3 Å². The molecule has 0 radical (unpaired) electrons. The second-order valence-electron chi connectivity index (χ2n) is 9.54. The summed E-state index contributed by atoms with van der Waals surface area (Å²) >= 11 is 3.56. The summed E-state index contributed by atoms with van der Waals surface area (Å²) in [6.07, 6.45) is 2.75. The third kappa shape index (κ3) is 5.01. The van der Waals surface area contributed by atoms with Gasteiger partial charge in [0.05, 0.1) is 25.1 Å². The van der Waals surface area contributed by atoms with E-state index >= 15 is 0 Å². The van der Waals surface area contributed by atoms with Gasteiger partial charge in [0.25, 0.3) is 0 Å². The summed E-state index contributed by atoms with van der Waals surface area (Å²) in [4.78, 5) is 22.9. The van der Waals surface area contributed by atoms with E-state index in [1.807, 2.05) is 0 Å². The first-order chi connectivity index (χ1) is 16.8. The summed E-state index contributed by atoms with van der Waals surface area (Å²) in [6.45, 7) is 13.6. The van der Waals surface area contributed by atoms with Crippen LogP contribution in [0, 0.1) is 0 Å². The Bertz CT molecular complexity index is 1070. The van der Waals surface area contributed by atoms with Gasteiger partial charge in [-0.1, -0.05) is 6.07 Å². The van der Waals surface area contributed by atoms with Gasteiger partial charge in [-0.05, 0) is 37.4 Å². The Morgan fingerprint density at radius 3 is 2.32 bits per heavy atom. The molecule has 3 aromatic rings. The van der Waals surface area contributed by atoms with Crippen LogP contribution in [0.2, 0.25) is 0 Å². The molecule has 0 atom stereocenters. The topological polar surface area (TPSA) is 48.0 Å². The Morgan fingerprint density at radius 1 is 0.824 bits per heavy atom. The first-order valence-electron chi connectivity index (χ1n) is 12.7. The Balaban J connectivity index is 1.24. The highest BCUT2D eigenvalue weighted by molar-refractivity contribution is 7.18. The highest BCUT2D eigenvalue weighted by atomic mass is 32.1. The molecule has 3 aliphatic heterocycles. The molecule has 3 saturated heterocycles. The van der Waals surface area contributed by atoms with E-state index in [2.05, 4.69) is 42.5 Å². The van der Waals surface area contributed by atoms with Crippen molar-refractivity contribution in [2.75, 3.05) is 83.6 Å². The minimum atomic E-state index is 0.800. The Labute approximate surface area is 209 Å². The van der Waals surface area contributed by atoms with E-state index < -0.39 is 0 Å². The molecule has 0 bridgehead atoms. The van der Waals surface area contributed by atoms with Crippen molar-refractivity contribution in [2.24, 2.45) is 0 Å². The molecule has 0 unspecified atom stereocenters. The van der Waals surface area contributed by atoms with E-state index in [0.29, 0.717) is 0 Å². The maximum Gasteiger partial charge on any atom is 0.146 e.